The van der Waals surface area contributed by atoms with E-state index in [0.29, 0.717) is 24.4 Å². The molecule has 6 nitrogen and oxygen atoms in total. The van der Waals surface area contributed by atoms with Crippen LogP contribution in [0.15, 0.2) is 30.9 Å². The van der Waals surface area contributed by atoms with Crippen LogP contribution in [-0.2, 0) is 9.84 Å². The Balaban J connectivity index is 2.14. The maximum Gasteiger partial charge on any atom is 0.322 e. The Labute approximate surface area is 137 Å². The summed E-state index contributed by atoms with van der Waals surface area (Å²) in [5, 5.41) is 2.84. The SMILES string of the molecule is C=CCN(C(=O)Nc1ccc(OC)cc1C)[C@H]1CCS(=O)(=O)C1. The molecule has 126 valence electrons. The molecular weight excluding hydrogens is 316 g/mol. The van der Waals surface area contributed by atoms with Gasteiger partial charge in [-0.05, 0) is 37.1 Å². The molecule has 0 unspecified atom stereocenters. The molecule has 1 fully saturated rings. The Hall–Kier alpha value is -2.02. The minimum Gasteiger partial charge on any atom is -0.497 e. The summed E-state index contributed by atoms with van der Waals surface area (Å²) >= 11 is 0. The first kappa shape index (κ1) is 17.3. The number of aryl methyl sites for hydroxylation is 1. The van der Waals surface area contributed by atoms with Crippen LogP contribution in [0.1, 0.15) is 12.0 Å². The second kappa shape index (κ2) is 7.04. The van der Waals surface area contributed by atoms with Gasteiger partial charge in [-0.2, -0.15) is 0 Å². The van der Waals surface area contributed by atoms with Crippen LogP contribution < -0.4 is 10.1 Å². The molecule has 1 saturated heterocycles. The summed E-state index contributed by atoms with van der Waals surface area (Å²) in [5.74, 6) is 0.848. The summed E-state index contributed by atoms with van der Waals surface area (Å²) in [6, 6.07) is 4.73. The van der Waals surface area contributed by atoms with E-state index < -0.39 is 9.84 Å². The van der Waals surface area contributed by atoms with E-state index in [1.54, 1.807) is 25.3 Å². The average Bonchev–Trinajstić information content (AvgIpc) is 2.86. The fraction of sp³-hybridized carbons (Fsp3) is 0.438. The van der Waals surface area contributed by atoms with Crippen molar-refractivity contribution >= 4 is 21.6 Å². The maximum atomic E-state index is 12.5. The van der Waals surface area contributed by atoms with Crippen LogP contribution in [0.2, 0.25) is 0 Å². The number of nitrogens with one attached hydrogen (secondary N) is 1. The molecule has 23 heavy (non-hydrogen) atoms. The monoisotopic (exact) mass is 338 g/mol. The van der Waals surface area contributed by atoms with Crippen molar-refractivity contribution in [3.05, 3.63) is 36.4 Å². The highest BCUT2D eigenvalue weighted by atomic mass is 32.2. The lowest BCUT2D eigenvalue weighted by atomic mass is 10.2. The zero-order chi connectivity index (χ0) is 17.0. The van der Waals surface area contributed by atoms with E-state index in [0.717, 1.165) is 5.56 Å². The van der Waals surface area contributed by atoms with E-state index in [1.807, 2.05) is 13.0 Å². The van der Waals surface area contributed by atoms with Gasteiger partial charge in [0.05, 0.1) is 18.6 Å². The fourth-order valence-electron chi connectivity index (χ4n) is 2.65. The standard InChI is InChI=1S/C16H22N2O4S/c1-4-8-18(13-7-9-23(20,21)11-13)16(19)17-15-6-5-14(22-3)10-12(15)2/h4-6,10,13H,1,7-9,11H2,2-3H3,(H,17,19)/t13-/m0/s1. The number of rotatable bonds is 5. The molecule has 1 atom stereocenters. The van der Waals surface area contributed by atoms with Crippen molar-refractivity contribution in [2.24, 2.45) is 0 Å². The van der Waals surface area contributed by atoms with Gasteiger partial charge >= 0.3 is 6.03 Å². The molecule has 1 heterocycles. The molecule has 1 N–H and O–H groups in total. The van der Waals surface area contributed by atoms with Crippen LogP contribution in [-0.4, -0.2) is 50.6 Å². The molecule has 0 bridgehead atoms. The third kappa shape index (κ3) is 4.25. The number of amides is 2. The van der Waals surface area contributed by atoms with Crippen molar-refractivity contribution in [2.75, 3.05) is 30.5 Å². The molecule has 0 radical (unpaired) electrons. The van der Waals surface area contributed by atoms with Gasteiger partial charge in [-0.15, -0.1) is 6.58 Å². The number of ether oxygens (including phenoxy) is 1. The van der Waals surface area contributed by atoms with E-state index in [-0.39, 0.29) is 23.6 Å². The summed E-state index contributed by atoms with van der Waals surface area (Å²) < 4.78 is 28.5. The molecule has 2 rings (SSSR count). The lowest BCUT2D eigenvalue weighted by Gasteiger charge is -2.27. The Morgan fingerprint density at radius 2 is 2.26 bits per heavy atom. The number of anilines is 1. The lowest BCUT2D eigenvalue weighted by Crippen LogP contribution is -2.43. The molecule has 1 aliphatic rings. The Bertz CT molecular complexity index is 700. The van der Waals surface area contributed by atoms with Crippen LogP contribution >= 0.6 is 0 Å². The lowest BCUT2D eigenvalue weighted by molar-refractivity contribution is 0.201. The summed E-state index contributed by atoms with van der Waals surface area (Å²) in [4.78, 5) is 14.1. The largest absolute Gasteiger partial charge is 0.497 e. The quantitative estimate of drug-likeness (QED) is 0.835. The normalized spacial score (nSPS) is 19.1. The highest BCUT2D eigenvalue weighted by Gasteiger charge is 2.34. The summed E-state index contributed by atoms with van der Waals surface area (Å²) in [6.45, 7) is 5.83. The molecule has 1 aromatic carbocycles. The number of urea groups is 1. The van der Waals surface area contributed by atoms with Gasteiger partial charge in [0.1, 0.15) is 5.75 Å². The predicted molar refractivity (Wildman–Crippen MR) is 90.7 cm³/mol. The molecule has 7 heteroatoms. The first-order valence-electron chi connectivity index (χ1n) is 7.40. The van der Waals surface area contributed by atoms with Crippen LogP contribution in [0.5, 0.6) is 5.75 Å². The summed E-state index contributed by atoms with van der Waals surface area (Å²) in [7, 11) is -1.47. The van der Waals surface area contributed by atoms with Crippen molar-refractivity contribution in [3.8, 4) is 5.75 Å². The Morgan fingerprint density at radius 1 is 1.52 bits per heavy atom. The van der Waals surface area contributed by atoms with Gasteiger partial charge in [0.15, 0.2) is 9.84 Å². The van der Waals surface area contributed by atoms with Gasteiger partial charge in [-0.3, -0.25) is 0 Å². The topological polar surface area (TPSA) is 75.7 Å². The first-order valence-corrected chi connectivity index (χ1v) is 9.22. The van der Waals surface area contributed by atoms with Crippen LogP contribution in [0.25, 0.3) is 0 Å². The first-order chi connectivity index (χ1) is 10.9. The average molecular weight is 338 g/mol. The van der Waals surface area contributed by atoms with Crippen molar-refractivity contribution < 1.29 is 17.9 Å². The Kier molecular flexibility index (Phi) is 5.30. The number of hydrogen-bond acceptors (Lipinski definition) is 4. The highest BCUT2D eigenvalue weighted by Crippen LogP contribution is 2.23. The maximum absolute atomic E-state index is 12.5. The second-order valence-electron chi connectivity index (χ2n) is 5.61. The zero-order valence-corrected chi connectivity index (χ0v) is 14.2. The van der Waals surface area contributed by atoms with E-state index in [1.165, 1.54) is 4.90 Å². The van der Waals surface area contributed by atoms with Gasteiger partial charge in [-0.1, -0.05) is 6.08 Å². The number of sulfone groups is 1. The predicted octanol–water partition coefficient (Wildman–Crippen LogP) is 2.21. The molecular formula is C16H22N2O4S. The van der Waals surface area contributed by atoms with Gasteiger partial charge in [0, 0.05) is 18.3 Å². The molecule has 0 aromatic heterocycles. The van der Waals surface area contributed by atoms with E-state index in [9.17, 15) is 13.2 Å². The second-order valence-corrected chi connectivity index (χ2v) is 7.84. The van der Waals surface area contributed by atoms with Gasteiger partial charge in [0.2, 0.25) is 0 Å². The molecule has 0 saturated carbocycles. The van der Waals surface area contributed by atoms with Gasteiger partial charge in [0.25, 0.3) is 0 Å². The number of carbonyl (C=O) groups is 1. The smallest absolute Gasteiger partial charge is 0.322 e. The van der Waals surface area contributed by atoms with E-state index in [2.05, 4.69) is 11.9 Å². The van der Waals surface area contributed by atoms with Crippen molar-refractivity contribution in [1.82, 2.24) is 4.90 Å². The zero-order valence-electron chi connectivity index (χ0n) is 13.4. The third-order valence-electron chi connectivity index (χ3n) is 3.91. The minimum atomic E-state index is -3.05. The number of nitrogens with zero attached hydrogens (tertiary/aromatic N) is 1. The summed E-state index contributed by atoms with van der Waals surface area (Å²) in [6.07, 6.45) is 2.07. The number of benzene rings is 1. The molecule has 2 amide bonds. The minimum absolute atomic E-state index is 0.00978. The van der Waals surface area contributed by atoms with Crippen molar-refractivity contribution in [2.45, 2.75) is 19.4 Å². The van der Waals surface area contributed by atoms with Crippen LogP contribution in [0.4, 0.5) is 10.5 Å². The molecule has 0 aliphatic carbocycles. The van der Waals surface area contributed by atoms with Crippen LogP contribution in [0.3, 0.4) is 0 Å². The Morgan fingerprint density at radius 3 is 2.78 bits per heavy atom. The number of methoxy groups -OCH3 is 1. The van der Waals surface area contributed by atoms with Crippen molar-refractivity contribution in [3.63, 3.8) is 0 Å². The van der Waals surface area contributed by atoms with Gasteiger partial charge < -0.3 is 15.0 Å². The molecule has 0 spiro atoms. The third-order valence-corrected chi connectivity index (χ3v) is 5.66. The summed E-state index contributed by atoms with van der Waals surface area (Å²) in [5.41, 5.74) is 1.54. The fourth-order valence-corrected chi connectivity index (χ4v) is 4.38. The van der Waals surface area contributed by atoms with E-state index in [4.69, 9.17) is 4.74 Å². The molecule has 1 aromatic rings. The number of carbonyl (C=O) groups excluding carboxylic acids is 1. The molecule has 1 aliphatic heterocycles. The van der Waals surface area contributed by atoms with E-state index >= 15 is 0 Å². The highest BCUT2D eigenvalue weighted by molar-refractivity contribution is 7.91. The van der Waals surface area contributed by atoms with Crippen LogP contribution in [0, 0.1) is 6.92 Å². The number of hydrogen-bond donors (Lipinski definition) is 1. The van der Waals surface area contributed by atoms with Crippen molar-refractivity contribution in [1.29, 1.82) is 0 Å². The van der Waals surface area contributed by atoms with Gasteiger partial charge in [-0.25, -0.2) is 13.2 Å².